The second kappa shape index (κ2) is 6.53. The van der Waals surface area contributed by atoms with E-state index in [-0.39, 0.29) is 0 Å². The summed E-state index contributed by atoms with van der Waals surface area (Å²) in [5.74, 6) is 1.64. The molecular weight excluding hydrogens is 236 g/mol. The monoisotopic (exact) mass is 258 g/mol. The van der Waals surface area contributed by atoms with Gasteiger partial charge in [0.25, 0.3) is 0 Å². The Balaban J connectivity index is 2.12. The minimum atomic E-state index is 0.399. The van der Waals surface area contributed by atoms with Crippen LogP contribution >= 0.6 is 0 Å². The fourth-order valence-electron chi connectivity index (χ4n) is 2.56. The molecule has 1 aliphatic rings. The van der Waals surface area contributed by atoms with Gasteiger partial charge < -0.3 is 10.2 Å². The average Bonchev–Trinajstić information content (AvgIpc) is 2.45. The number of pyridine rings is 1. The quantitative estimate of drug-likeness (QED) is 0.899. The van der Waals surface area contributed by atoms with Crippen molar-refractivity contribution < 1.29 is 0 Å². The summed E-state index contributed by atoms with van der Waals surface area (Å²) in [7, 11) is 0. The third kappa shape index (κ3) is 3.68. The van der Waals surface area contributed by atoms with Gasteiger partial charge in [0.15, 0.2) is 0 Å². The first kappa shape index (κ1) is 13.8. The molecule has 1 aromatic rings. The maximum Gasteiger partial charge on any atom is 0.142 e. The Hall–Kier alpha value is -1.60. The van der Waals surface area contributed by atoms with Crippen molar-refractivity contribution >= 4 is 5.82 Å². The Morgan fingerprint density at radius 2 is 2.16 bits per heavy atom. The Kier molecular flexibility index (Phi) is 4.75. The minimum absolute atomic E-state index is 0.399. The summed E-state index contributed by atoms with van der Waals surface area (Å²) in [5, 5.41) is 12.4. The fourth-order valence-corrected chi connectivity index (χ4v) is 2.56. The zero-order valence-corrected chi connectivity index (χ0v) is 11.8. The summed E-state index contributed by atoms with van der Waals surface area (Å²) in [6.07, 6.45) is 2.45. The highest BCUT2D eigenvalue weighted by Gasteiger charge is 2.20. The molecule has 4 nitrogen and oxygen atoms in total. The highest BCUT2D eigenvalue weighted by molar-refractivity contribution is 5.42. The highest BCUT2D eigenvalue weighted by atomic mass is 15.2. The average molecular weight is 258 g/mol. The van der Waals surface area contributed by atoms with Crippen LogP contribution in [0.15, 0.2) is 18.2 Å². The molecule has 0 radical (unpaired) electrons. The van der Waals surface area contributed by atoms with Crippen molar-refractivity contribution in [3.05, 3.63) is 23.9 Å². The predicted octanol–water partition coefficient (Wildman–Crippen LogP) is 2.17. The molecule has 19 heavy (non-hydrogen) atoms. The van der Waals surface area contributed by atoms with Gasteiger partial charge in [0.2, 0.25) is 0 Å². The molecule has 0 aromatic carbocycles. The highest BCUT2D eigenvalue weighted by Crippen LogP contribution is 2.20. The number of piperidine rings is 1. The molecule has 0 amide bonds. The van der Waals surface area contributed by atoms with Crippen LogP contribution in [0.2, 0.25) is 0 Å². The van der Waals surface area contributed by atoms with Crippen molar-refractivity contribution in [1.29, 1.82) is 5.26 Å². The van der Waals surface area contributed by atoms with E-state index >= 15 is 0 Å². The molecule has 1 fully saturated rings. The summed E-state index contributed by atoms with van der Waals surface area (Å²) in [6.45, 7) is 7.62. The molecule has 0 aliphatic carbocycles. The lowest BCUT2D eigenvalue weighted by Crippen LogP contribution is -2.40. The largest absolute Gasteiger partial charge is 0.354 e. The molecule has 0 spiro atoms. The lowest BCUT2D eigenvalue weighted by molar-refractivity contribution is 0.367. The molecule has 0 atom stereocenters. The second-order valence-electron chi connectivity index (χ2n) is 5.43. The van der Waals surface area contributed by atoms with Crippen LogP contribution < -0.4 is 10.2 Å². The summed E-state index contributed by atoms with van der Waals surface area (Å²) >= 11 is 0. The maximum absolute atomic E-state index is 8.96. The summed E-state index contributed by atoms with van der Waals surface area (Å²) in [4.78, 5) is 6.74. The van der Waals surface area contributed by atoms with E-state index in [4.69, 9.17) is 5.26 Å². The first-order chi connectivity index (χ1) is 9.20. The van der Waals surface area contributed by atoms with Crippen LogP contribution in [0, 0.1) is 17.2 Å². The molecule has 0 bridgehead atoms. The molecule has 1 saturated heterocycles. The zero-order chi connectivity index (χ0) is 13.7. The van der Waals surface area contributed by atoms with Crippen molar-refractivity contribution in [2.45, 2.75) is 32.7 Å². The normalized spacial score (nSPS) is 16.3. The van der Waals surface area contributed by atoms with Crippen molar-refractivity contribution in [2.75, 3.05) is 24.5 Å². The molecule has 0 saturated carbocycles. The zero-order valence-electron chi connectivity index (χ0n) is 11.8. The van der Waals surface area contributed by atoms with Crippen molar-refractivity contribution in [3.8, 4) is 6.07 Å². The first-order valence-electron chi connectivity index (χ1n) is 7.05. The van der Waals surface area contributed by atoms with E-state index in [1.165, 1.54) is 12.8 Å². The molecule has 1 N–H and O–H groups in total. The van der Waals surface area contributed by atoms with Gasteiger partial charge in [0, 0.05) is 12.6 Å². The summed E-state index contributed by atoms with van der Waals surface area (Å²) < 4.78 is 0. The topological polar surface area (TPSA) is 52.0 Å². The fraction of sp³-hybridized carbons (Fsp3) is 0.600. The van der Waals surface area contributed by atoms with Gasteiger partial charge in [0.1, 0.15) is 17.6 Å². The van der Waals surface area contributed by atoms with Crippen molar-refractivity contribution in [3.63, 3.8) is 0 Å². The lowest BCUT2D eigenvalue weighted by atomic mass is 9.97. The van der Waals surface area contributed by atoms with Crippen molar-refractivity contribution in [1.82, 2.24) is 10.3 Å². The Labute approximate surface area is 115 Å². The minimum Gasteiger partial charge on any atom is -0.354 e. The van der Waals surface area contributed by atoms with Gasteiger partial charge in [-0.1, -0.05) is 6.07 Å². The third-order valence-electron chi connectivity index (χ3n) is 3.68. The second-order valence-corrected chi connectivity index (χ2v) is 5.43. The number of aromatic nitrogens is 1. The van der Waals surface area contributed by atoms with Gasteiger partial charge in [-0.3, -0.25) is 0 Å². The Morgan fingerprint density at radius 3 is 2.79 bits per heavy atom. The Bertz CT molecular complexity index is 444. The summed E-state index contributed by atoms with van der Waals surface area (Å²) in [6, 6.07) is 8.19. The SMILES string of the molecule is CC(C)N(CC1CCNCC1)c1cccc(C#N)n1. The third-order valence-corrected chi connectivity index (χ3v) is 3.68. The van der Waals surface area contributed by atoms with Crippen LogP contribution in [0.25, 0.3) is 0 Å². The number of nitrogens with zero attached hydrogens (tertiary/aromatic N) is 3. The van der Waals surface area contributed by atoms with E-state index in [1.54, 1.807) is 6.07 Å². The van der Waals surface area contributed by atoms with Crippen LogP contribution in [0.4, 0.5) is 5.82 Å². The maximum atomic E-state index is 8.96. The van der Waals surface area contributed by atoms with Gasteiger partial charge in [0.05, 0.1) is 0 Å². The van der Waals surface area contributed by atoms with Gasteiger partial charge in [-0.15, -0.1) is 0 Å². The van der Waals surface area contributed by atoms with Gasteiger partial charge in [-0.25, -0.2) is 4.98 Å². The Morgan fingerprint density at radius 1 is 1.42 bits per heavy atom. The van der Waals surface area contributed by atoms with E-state index in [9.17, 15) is 0 Å². The number of nitriles is 1. The van der Waals surface area contributed by atoms with Crippen LogP contribution in [-0.4, -0.2) is 30.7 Å². The molecular formula is C15H22N4. The van der Waals surface area contributed by atoms with Gasteiger partial charge in [-0.05, 0) is 57.8 Å². The molecule has 4 heteroatoms. The number of rotatable bonds is 4. The van der Waals surface area contributed by atoms with Gasteiger partial charge in [-0.2, -0.15) is 5.26 Å². The number of nitrogens with one attached hydrogen (secondary N) is 1. The van der Waals surface area contributed by atoms with E-state index in [2.05, 4.69) is 35.1 Å². The predicted molar refractivity (Wildman–Crippen MR) is 77.0 cm³/mol. The van der Waals surface area contributed by atoms with E-state index in [1.807, 2.05) is 12.1 Å². The lowest BCUT2D eigenvalue weighted by Gasteiger charge is -2.33. The number of hydrogen-bond donors (Lipinski definition) is 1. The number of anilines is 1. The molecule has 1 aromatic heterocycles. The molecule has 1 aliphatic heterocycles. The first-order valence-corrected chi connectivity index (χ1v) is 7.05. The summed E-state index contributed by atoms with van der Waals surface area (Å²) in [5.41, 5.74) is 0.494. The van der Waals surface area contributed by atoms with E-state index in [0.717, 1.165) is 31.4 Å². The standard InChI is InChI=1S/C15H22N4/c1-12(2)19(11-13-6-8-17-9-7-13)15-5-3-4-14(10-16)18-15/h3-5,12-13,17H,6-9,11H2,1-2H3. The van der Waals surface area contributed by atoms with Crippen molar-refractivity contribution in [2.24, 2.45) is 5.92 Å². The van der Waals surface area contributed by atoms with E-state index in [0.29, 0.717) is 11.7 Å². The molecule has 2 rings (SSSR count). The smallest absolute Gasteiger partial charge is 0.142 e. The van der Waals surface area contributed by atoms with Crippen LogP contribution in [-0.2, 0) is 0 Å². The molecule has 102 valence electrons. The van der Waals surface area contributed by atoms with Crippen LogP contribution in [0.5, 0.6) is 0 Å². The van der Waals surface area contributed by atoms with Gasteiger partial charge >= 0.3 is 0 Å². The molecule has 2 heterocycles. The number of hydrogen-bond acceptors (Lipinski definition) is 4. The van der Waals surface area contributed by atoms with E-state index < -0.39 is 0 Å². The van der Waals surface area contributed by atoms with Crippen LogP contribution in [0.3, 0.4) is 0 Å². The molecule has 0 unspecified atom stereocenters. The van der Waals surface area contributed by atoms with Crippen LogP contribution in [0.1, 0.15) is 32.4 Å².